The molecule has 2 atom stereocenters. The number of cyclic esters (lactones) is 1. The van der Waals surface area contributed by atoms with Gasteiger partial charge in [0, 0.05) is 6.20 Å². The van der Waals surface area contributed by atoms with Crippen LogP contribution in [0.15, 0.2) is 60.8 Å². The Kier molecular flexibility index (Phi) is 5.56. The molecule has 1 aliphatic rings. The van der Waals surface area contributed by atoms with E-state index in [4.69, 9.17) is 27.9 Å². The van der Waals surface area contributed by atoms with E-state index in [2.05, 4.69) is 15.3 Å². The van der Waals surface area contributed by atoms with E-state index in [1.54, 1.807) is 29.3 Å². The number of amides is 1. The molecular weight excluding hydrogens is 411 g/mol. The summed E-state index contributed by atoms with van der Waals surface area (Å²) >= 11 is 12.1. The van der Waals surface area contributed by atoms with Crippen molar-refractivity contribution in [1.82, 2.24) is 9.97 Å². The van der Waals surface area contributed by atoms with Crippen LogP contribution in [0.4, 0.5) is 16.6 Å². The topological polar surface area (TPSA) is 67.4 Å². The molecule has 3 aromatic rings. The average molecular weight is 429 g/mol. The van der Waals surface area contributed by atoms with Gasteiger partial charge in [0.2, 0.25) is 5.95 Å². The van der Waals surface area contributed by atoms with E-state index in [1.807, 2.05) is 43.3 Å². The summed E-state index contributed by atoms with van der Waals surface area (Å²) in [5, 5.41) is 4.22. The Balaban J connectivity index is 1.57. The first kappa shape index (κ1) is 19.5. The summed E-state index contributed by atoms with van der Waals surface area (Å²) in [6, 6.07) is 16.5. The highest BCUT2D eigenvalue weighted by molar-refractivity contribution is 6.42. The van der Waals surface area contributed by atoms with Crippen molar-refractivity contribution in [2.75, 3.05) is 16.8 Å². The number of carbonyl (C=O) groups is 1. The van der Waals surface area contributed by atoms with E-state index < -0.39 is 6.09 Å². The Morgan fingerprint density at radius 1 is 1.14 bits per heavy atom. The smallest absolute Gasteiger partial charge is 0.416 e. The molecule has 1 amide bonds. The first-order chi connectivity index (χ1) is 14.0. The quantitative estimate of drug-likeness (QED) is 0.567. The number of hydrogen-bond acceptors (Lipinski definition) is 5. The Hall–Kier alpha value is -2.83. The summed E-state index contributed by atoms with van der Waals surface area (Å²) in [5.41, 5.74) is 1.92. The van der Waals surface area contributed by atoms with E-state index in [-0.39, 0.29) is 18.7 Å². The highest BCUT2D eigenvalue weighted by atomic mass is 35.5. The lowest BCUT2D eigenvalue weighted by molar-refractivity contribution is 0.179. The lowest BCUT2D eigenvalue weighted by atomic mass is 10.1. The van der Waals surface area contributed by atoms with Gasteiger partial charge in [0.15, 0.2) is 0 Å². The van der Waals surface area contributed by atoms with Crippen molar-refractivity contribution in [3.05, 3.63) is 82.0 Å². The van der Waals surface area contributed by atoms with Crippen molar-refractivity contribution in [2.45, 2.75) is 19.0 Å². The molecule has 4 rings (SSSR count). The normalized spacial score (nSPS) is 17.1. The molecule has 0 saturated carbocycles. The minimum absolute atomic E-state index is 0.115. The zero-order valence-corrected chi connectivity index (χ0v) is 17.1. The highest BCUT2D eigenvalue weighted by Crippen LogP contribution is 2.32. The summed E-state index contributed by atoms with van der Waals surface area (Å²) in [4.78, 5) is 22.7. The maximum absolute atomic E-state index is 12.4. The van der Waals surface area contributed by atoms with Crippen molar-refractivity contribution in [3.63, 3.8) is 0 Å². The molecule has 1 N–H and O–H groups in total. The molecule has 148 valence electrons. The molecule has 2 aromatic carbocycles. The van der Waals surface area contributed by atoms with Crippen LogP contribution in [0.2, 0.25) is 10.0 Å². The number of rotatable bonds is 5. The molecule has 2 heterocycles. The number of nitrogens with one attached hydrogen (secondary N) is 1. The van der Waals surface area contributed by atoms with Gasteiger partial charge in [0.25, 0.3) is 0 Å². The van der Waals surface area contributed by atoms with Gasteiger partial charge in [-0.1, -0.05) is 59.6 Å². The minimum Gasteiger partial charge on any atom is -0.447 e. The lowest BCUT2D eigenvalue weighted by Gasteiger charge is -2.21. The van der Waals surface area contributed by atoms with Crippen LogP contribution in [-0.2, 0) is 4.74 Å². The average Bonchev–Trinajstić information content (AvgIpc) is 3.12. The van der Waals surface area contributed by atoms with Gasteiger partial charge in [-0.3, -0.25) is 4.90 Å². The first-order valence-electron chi connectivity index (χ1n) is 9.08. The number of anilines is 2. The minimum atomic E-state index is -0.430. The van der Waals surface area contributed by atoms with Crippen LogP contribution in [-0.4, -0.2) is 22.7 Å². The van der Waals surface area contributed by atoms with E-state index >= 15 is 0 Å². The number of ether oxygens (including phenoxy) is 1. The molecule has 0 aliphatic carbocycles. The number of carbonyl (C=O) groups excluding carboxylic acids is 1. The summed E-state index contributed by atoms with van der Waals surface area (Å²) in [6.45, 7) is 2.24. The molecule has 6 nitrogen and oxygen atoms in total. The van der Waals surface area contributed by atoms with Gasteiger partial charge in [-0.2, -0.15) is 4.98 Å². The second-order valence-electron chi connectivity index (χ2n) is 6.65. The second kappa shape index (κ2) is 8.27. The molecule has 29 heavy (non-hydrogen) atoms. The fourth-order valence-electron chi connectivity index (χ4n) is 3.21. The zero-order chi connectivity index (χ0) is 20.4. The van der Waals surface area contributed by atoms with Gasteiger partial charge in [0.05, 0.1) is 16.1 Å². The Labute approximate surface area is 178 Å². The third-order valence-electron chi connectivity index (χ3n) is 4.73. The summed E-state index contributed by atoms with van der Waals surface area (Å²) in [6.07, 6.45) is 1.18. The molecular formula is C21H18Cl2N4O2. The lowest BCUT2D eigenvalue weighted by Crippen LogP contribution is -2.28. The summed E-state index contributed by atoms with van der Waals surface area (Å²) in [5.74, 6) is 0.868. The summed E-state index contributed by atoms with van der Waals surface area (Å²) < 4.78 is 5.28. The third-order valence-corrected chi connectivity index (χ3v) is 5.47. The van der Waals surface area contributed by atoms with Crippen LogP contribution in [0.25, 0.3) is 0 Å². The van der Waals surface area contributed by atoms with Gasteiger partial charge in [-0.25, -0.2) is 9.78 Å². The molecule has 1 aliphatic heterocycles. The molecule has 1 unspecified atom stereocenters. The zero-order valence-electron chi connectivity index (χ0n) is 15.5. The second-order valence-corrected chi connectivity index (χ2v) is 7.47. The van der Waals surface area contributed by atoms with Crippen LogP contribution < -0.4 is 10.2 Å². The predicted molar refractivity (Wildman–Crippen MR) is 114 cm³/mol. The van der Waals surface area contributed by atoms with Gasteiger partial charge >= 0.3 is 6.09 Å². The fraction of sp³-hybridized carbons (Fsp3) is 0.190. The largest absolute Gasteiger partial charge is 0.447 e. The molecule has 0 radical (unpaired) electrons. The van der Waals surface area contributed by atoms with Gasteiger partial charge in [-0.05, 0) is 36.2 Å². The third kappa shape index (κ3) is 4.13. The van der Waals surface area contributed by atoms with E-state index in [0.717, 1.165) is 11.1 Å². The molecule has 8 heteroatoms. The van der Waals surface area contributed by atoms with Crippen molar-refractivity contribution in [3.8, 4) is 0 Å². The molecule has 0 bridgehead atoms. The van der Waals surface area contributed by atoms with E-state index in [0.29, 0.717) is 21.8 Å². The van der Waals surface area contributed by atoms with Crippen molar-refractivity contribution in [2.24, 2.45) is 0 Å². The first-order valence-corrected chi connectivity index (χ1v) is 9.84. The van der Waals surface area contributed by atoms with Crippen LogP contribution in [0, 0.1) is 0 Å². The maximum Gasteiger partial charge on any atom is 0.416 e. The van der Waals surface area contributed by atoms with Crippen LogP contribution >= 0.6 is 23.2 Å². The van der Waals surface area contributed by atoms with Gasteiger partial charge < -0.3 is 10.1 Å². The Morgan fingerprint density at radius 3 is 2.69 bits per heavy atom. The fourth-order valence-corrected chi connectivity index (χ4v) is 3.51. The Bertz CT molecular complexity index is 1030. The van der Waals surface area contributed by atoms with Gasteiger partial charge in [0.1, 0.15) is 18.5 Å². The van der Waals surface area contributed by atoms with Crippen molar-refractivity contribution >= 4 is 41.1 Å². The molecule has 1 aromatic heterocycles. The summed E-state index contributed by atoms with van der Waals surface area (Å²) in [7, 11) is 0. The number of benzene rings is 2. The Morgan fingerprint density at radius 2 is 1.93 bits per heavy atom. The van der Waals surface area contributed by atoms with E-state index in [9.17, 15) is 4.79 Å². The predicted octanol–water partition coefficient (Wildman–Crippen LogP) is 5.65. The number of aromatic nitrogens is 2. The number of halogens is 2. The van der Waals surface area contributed by atoms with E-state index in [1.165, 1.54) is 0 Å². The standard InChI is InChI=1S/C21H18Cl2N4O2/c1-13(15-7-8-16(22)17(23)11-15)25-20-24-10-9-19(26-20)27-18(12-29-21(27)28)14-5-3-2-4-6-14/h2-11,13,18H,12H2,1H3,(H,24,25,26)/t13-,18?/m0/s1. The number of hydrogen-bond donors (Lipinski definition) is 1. The SMILES string of the molecule is C[C@H](Nc1nccc(N2C(=O)OCC2c2ccccc2)n1)c1ccc(Cl)c(Cl)c1. The highest BCUT2D eigenvalue weighted by Gasteiger charge is 2.36. The van der Waals surface area contributed by atoms with Crippen LogP contribution in [0.5, 0.6) is 0 Å². The van der Waals surface area contributed by atoms with Crippen LogP contribution in [0.1, 0.15) is 30.1 Å². The maximum atomic E-state index is 12.4. The number of nitrogens with zero attached hydrogens (tertiary/aromatic N) is 3. The molecule has 0 spiro atoms. The molecule has 1 saturated heterocycles. The van der Waals surface area contributed by atoms with Crippen molar-refractivity contribution < 1.29 is 9.53 Å². The monoisotopic (exact) mass is 428 g/mol. The van der Waals surface area contributed by atoms with Crippen LogP contribution in [0.3, 0.4) is 0 Å². The van der Waals surface area contributed by atoms with Crippen molar-refractivity contribution in [1.29, 1.82) is 0 Å². The van der Waals surface area contributed by atoms with Gasteiger partial charge in [-0.15, -0.1) is 0 Å². The molecule has 1 fully saturated rings.